The summed E-state index contributed by atoms with van der Waals surface area (Å²) in [5.74, 6) is 0. The SMILES string of the molecule is C[C@H](NCc1ccc(Br)c([N+](=O)[O-])c1)c1ccc(Br)cc1. The molecule has 0 aliphatic rings. The number of benzene rings is 2. The summed E-state index contributed by atoms with van der Waals surface area (Å²) in [6.45, 7) is 2.64. The van der Waals surface area contributed by atoms with Crippen molar-refractivity contribution in [3.63, 3.8) is 0 Å². The Morgan fingerprint density at radius 1 is 1.19 bits per heavy atom. The smallest absolute Gasteiger partial charge is 0.283 e. The molecular weight excluding hydrogens is 400 g/mol. The summed E-state index contributed by atoms with van der Waals surface area (Å²) in [6, 6.07) is 13.4. The van der Waals surface area contributed by atoms with Crippen LogP contribution in [0.3, 0.4) is 0 Å². The highest BCUT2D eigenvalue weighted by molar-refractivity contribution is 9.10. The lowest BCUT2D eigenvalue weighted by Gasteiger charge is -2.14. The van der Waals surface area contributed by atoms with Crippen LogP contribution in [-0.4, -0.2) is 4.92 Å². The van der Waals surface area contributed by atoms with Crippen molar-refractivity contribution in [1.29, 1.82) is 0 Å². The maximum atomic E-state index is 10.9. The first-order valence-electron chi connectivity index (χ1n) is 6.39. The molecule has 0 spiro atoms. The van der Waals surface area contributed by atoms with E-state index >= 15 is 0 Å². The van der Waals surface area contributed by atoms with Crippen LogP contribution in [0.2, 0.25) is 0 Å². The van der Waals surface area contributed by atoms with E-state index in [1.165, 1.54) is 5.56 Å². The van der Waals surface area contributed by atoms with Gasteiger partial charge in [-0.25, -0.2) is 0 Å². The van der Waals surface area contributed by atoms with E-state index in [1.807, 2.05) is 30.3 Å². The molecule has 0 fully saturated rings. The van der Waals surface area contributed by atoms with E-state index in [1.54, 1.807) is 12.1 Å². The summed E-state index contributed by atoms with van der Waals surface area (Å²) in [5, 5.41) is 14.3. The van der Waals surface area contributed by atoms with Crippen LogP contribution >= 0.6 is 31.9 Å². The number of rotatable bonds is 5. The van der Waals surface area contributed by atoms with Gasteiger partial charge in [-0.3, -0.25) is 10.1 Å². The maximum absolute atomic E-state index is 10.9. The zero-order valence-electron chi connectivity index (χ0n) is 11.3. The minimum atomic E-state index is -0.383. The van der Waals surface area contributed by atoms with Gasteiger partial charge in [-0.05, 0) is 52.2 Å². The predicted octanol–water partition coefficient (Wildman–Crippen LogP) is 4.97. The first-order valence-corrected chi connectivity index (χ1v) is 7.97. The zero-order valence-corrected chi connectivity index (χ0v) is 14.5. The van der Waals surface area contributed by atoms with Crippen molar-refractivity contribution in [1.82, 2.24) is 5.32 Å². The van der Waals surface area contributed by atoms with Gasteiger partial charge in [0.15, 0.2) is 0 Å². The molecule has 0 bridgehead atoms. The minimum Gasteiger partial charge on any atom is -0.306 e. The van der Waals surface area contributed by atoms with Crippen molar-refractivity contribution < 1.29 is 4.92 Å². The van der Waals surface area contributed by atoms with E-state index in [4.69, 9.17) is 0 Å². The molecule has 0 aromatic heterocycles. The molecule has 0 saturated heterocycles. The average Bonchev–Trinajstić information content (AvgIpc) is 2.46. The number of nitrogens with zero attached hydrogens (tertiary/aromatic N) is 1. The van der Waals surface area contributed by atoms with Crippen LogP contribution in [0.15, 0.2) is 51.4 Å². The topological polar surface area (TPSA) is 55.2 Å². The molecule has 6 heteroatoms. The third-order valence-corrected chi connectivity index (χ3v) is 4.39. The summed E-state index contributed by atoms with van der Waals surface area (Å²) >= 11 is 6.60. The van der Waals surface area contributed by atoms with E-state index in [2.05, 4.69) is 44.1 Å². The Labute approximate surface area is 140 Å². The number of halogens is 2. The Morgan fingerprint density at radius 3 is 2.48 bits per heavy atom. The van der Waals surface area contributed by atoms with Crippen LogP contribution in [0.1, 0.15) is 24.1 Å². The highest BCUT2D eigenvalue weighted by atomic mass is 79.9. The van der Waals surface area contributed by atoms with Crippen LogP contribution in [-0.2, 0) is 6.54 Å². The fourth-order valence-electron chi connectivity index (χ4n) is 1.95. The molecule has 1 atom stereocenters. The first kappa shape index (κ1) is 16.1. The van der Waals surface area contributed by atoms with Crippen molar-refractivity contribution in [2.45, 2.75) is 19.5 Å². The molecule has 4 nitrogen and oxygen atoms in total. The average molecular weight is 414 g/mol. The highest BCUT2D eigenvalue weighted by Gasteiger charge is 2.12. The van der Waals surface area contributed by atoms with Crippen LogP contribution in [0.25, 0.3) is 0 Å². The molecule has 0 aliphatic carbocycles. The van der Waals surface area contributed by atoms with Gasteiger partial charge in [0, 0.05) is 23.1 Å². The van der Waals surface area contributed by atoms with Crippen molar-refractivity contribution >= 4 is 37.5 Å². The number of nitro groups is 1. The molecule has 0 radical (unpaired) electrons. The van der Waals surface area contributed by atoms with Crippen molar-refractivity contribution in [2.24, 2.45) is 0 Å². The third-order valence-electron chi connectivity index (χ3n) is 3.19. The Kier molecular flexibility index (Phi) is 5.50. The Morgan fingerprint density at radius 2 is 1.86 bits per heavy atom. The van der Waals surface area contributed by atoms with Gasteiger partial charge in [0.1, 0.15) is 0 Å². The monoisotopic (exact) mass is 412 g/mol. The van der Waals surface area contributed by atoms with E-state index in [9.17, 15) is 10.1 Å². The lowest BCUT2D eigenvalue weighted by Crippen LogP contribution is -2.18. The molecule has 2 aromatic rings. The van der Waals surface area contributed by atoms with Gasteiger partial charge >= 0.3 is 0 Å². The summed E-state index contributed by atoms with van der Waals surface area (Å²) in [4.78, 5) is 10.5. The van der Waals surface area contributed by atoms with Gasteiger partial charge in [-0.1, -0.05) is 34.1 Å². The first-order chi connectivity index (χ1) is 9.97. The van der Waals surface area contributed by atoms with Crippen molar-refractivity contribution in [3.05, 3.63) is 72.7 Å². The van der Waals surface area contributed by atoms with E-state index in [0.29, 0.717) is 11.0 Å². The Hall–Kier alpha value is -1.24. The van der Waals surface area contributed by atoms with Crippen molar-refractivity contribution in [3.8, 4) is 0 Å². The molecule has 0 aliphatic heterocycles. The Balaban J connectivity index is 2.04. The van der Waals surface area contributed by atoms with E-state index < -0.39 is 0 Å². The second-order valence-corrected chi connectivity index (χ2v) is 6.47. The summed E-state index contributed by atoms with van der Waals surface area (Å²) in [7, 11) is 0. The van der Waals surface area contributed by atoms with Gasteiger partial charge in [0.25, 0.3) is 5.69 Å². The zero-order chi connectivity index (χ0) is 15.4. The molecular formula is C15H14Br2N2O2. The quantitative estimate of drug-likeness (QED) is 0.556. The number of nitrogens with one attached hydrogen (secondary N) is 1. The van der Waals surface area contributed by atoms with Gasteiger partial charge in [-0.15, -0.1) is 0 Å². The van der Waals surface area contributed by atoms with Crippen molar-refractivity contribution in [2.75, 3.05) is 0 Å². The largest absolute Gasteiger partial charge is 0.306 e. The van der Waals surface area contributed by atoms with E-state index in [0.717, 1.165) is 10.0 Å². The summed E-state index contributed by atoms with van der Waals surface area (Å²) < 4.78 is 1.54. The molecule has 0 saturated carbocycles. The molecule has 0 unspecified atom stereocenters. The molecule has 2 rings (SSSR count). The third kappa shape index (κ3) is 4.36. The summed E-state index contributed by atoms with van der Waals surface area (Å²) in [5.41, 5.74) is 2.14. The van der Waals surface area contributed by atoms with Gasteiger partial charge in [0.2, 0.25) is 0 Å². The number of nitro benzene ring substituents is 1. The second kappa shape index (κ2) is 7.15. The maximum Gasteiger partial charge on any atom is 0.283 e. The standard InChI is InChI=1S/C15H14Br2N2O2/c1-10(12-3-5-13(16)6-4-12)18-9-11-2-7-14(17)15(8-11)19(20)21/h2-8,10,18H,9H2,1H3/t10-/m0/s1. The highest BCUT2D eigenvalue weighted by Crippen LogP contribution is 2.26. The van der Waals surface area contributed by atoms with Crippen LogP contribution in [0.4, 0.5) is 5.69 Å². The lowest BCUT2D eigenvalue weighted by molar-refractivity contribution is -0.385. The summed E-state index contributed by atoms with van der Waals surface area (Å²) in [6.07, 6.45) is 0. The number of hydrogen-bond donors (Lipinski definition) is 1. The Bertz CT molecular complexity index is 645. The van der Waals surface area contributed by atoms with E-state index in [-0.39, 0.29) is 16.7 Å². The minimum absolute atomic E-state index is 0.0885. The molecule has 0 amide bonds. The fraction of sp³-hybridized carbons (Fsp3) is 0.200. The van der Waals surface area contributed by atoms with Crippen LogP contribution in [0.5, 0.6) is 0 Å². The van der Waals surface area contributed by atoms with Gasteiger partial charge < -0.3 is 5.32 Å². The molecule has 1 N–H and O–H groups in total. The van der Waals surface area contributed by atoms with Gasteiger partial charge in [0.05, 0.1) is 9.40 Å². The second-order valence-electron chi connectivity index (χ2n) is 4.70. The molecule has 2 aromatic carbocycles. The number of hydrogen-bond acceptors (Lipinski definition) is 3. The normalized spacial score (nSPS) is 12.1. The van der Waals surface area contributed by atoms with Crippen LogP contribution < -0.4 is 5.32 Å². The lowest BCUT2D eigenvalue weighted by atomic mass is 10.1. The molecule has 0 heterocycles. The molecule has 21 heavy (non-hydrogen) atoms. The fourth-order valence-corrected chi connectivity index (χ4v) is 2.60. The molecule has 110 valence electrons. The predicted molar refractivity (Wildman–Crippen MR) is 90.2 cm³/mol. The van der Waals surface area contributed by atoms with Gasteiger partial charge in [-0.2, -0.15) is 0 Å². The van der Waals surface area contributed by atoms with Crippen LogP contribution in [0, 0.1) is 10.1 Å².